The lowest BCUT2D eigenvalue weighted by Crippen LogP contribution is -2.22. The molecule has 0 bridgehead atoms. The minimum atomic E-state index is 0.514. The highest BCUT2D eigenvalue weighted by molar-refractivity contribution is 6.33. The Morgan fingerprint density at radius 3 is 2.69 bits per heavy atom. The second kappa shape index (κ2) is 5.23. The van der Waals surface area contributed by atoms with Crippen LogP contribution in [0.4, 0.5) is 5.69 Å². The fourth-order valence-electron chi connectivity index (χ4n) is 2.17. The average Bonchev–Trinajstić information content (AvgIpc) is 2.33. The molecule has 0 aromatic heterocycles. The number of nitriles is 1. The van der Waals surface area contributed by atoms with Gasteiger partial charge in [0.2, 0.25) is 0 Å². The van der Waals surface area contributed by atoms with Gasteiger partial charge in [0.1, 0.15) is 0 Å². The zero-order valence-electron chi connectivity index (χ0n) is 9.17. The summed E-state index contributed by atoms with van der Waals surface area (Å²) >= 11 is 6.10. The van der Waals surface area contributed by atoms with Crippen molar-refractivity contribution in [3.05, 3.63) is 28.8 Å². The molecule has 0 aliphatic heterocycles. The Labute approximate surface area is 101 Å². The van der Waals surface area contributed by atoms with Gasteiger partial charge in [0.05, 0.1) is 22.3 Å². The highest BCUT2D eigenvalue weighted by Gasteiger charge is 2.14. The van der Waals surface area contributed by atoms with Crippen molar-refractivity contribution in [2.75, 3.05) is 5.32 Å². The van der Waals surface area contributed by atoms with Gasteiger partial charge in [0.25, 0.3) is 0 Å². The van der Waals surface area contributed by atoms with Gasteiger partial charge in [-0.15, -0.1) is 0 Å². The number of nitrogens with one attached hydrogen (secondary N) is 1. The summed E-state index contributed by atoms with van der Waals surface area (Å²) in [7, 11) is 0. The van der Waals surface area contributed by atoms with Crippen LogP contribution >= 0.6 is 11.6 Å². The second-order valence-electron chi connectivity index (χ2n) is 4.29. The van der Waals surface area contributed by atoms with E-state index in [0.29, 0.717) is 16.6 Å². The van der Waals surface area contributed by atoms with Crippen LogP contribution in [-0.4, -0.2) is 6.04 Å². The van der Waals surface area contributed by atoms with E-state index in [4.69, 9.17) is 16.9 Å². The molecule has 1 aromatic rings. The van der Waals surface area contributed by atoms with E-state index in [1.54, 1.807) is 12.1 Å². The molecule has 1 aromatic carbocycles. The van der Waals surface area contributed by atoms with Crippen molar-refractivity contribution in [2.24, 2.45) is 0 Å². The van der Waals surface area contributed by atoms with Crippen LogP contribution in [-0.2, 0) is 0 Å². The fraction of sp³-hybridized carbons (Fsp3) is 0.462. The summed E-state index contributed by atoms with van der Waals surface area (Å²) in [5, 5.41) is 13.0. The maximum Gasteiger partial charge on any atom is 0.0992 e. The third kappa shape index (κ3) is 2.68. The van der Waals surface area contributed by atoms with Crippen molar-refractivity contribution in [1.82, 2.24) is 0 Å². The predicted octanol–water partition coefficient (Wildman–Crippen LogP) is 3.96. The lowest BCUT2D eigenvalue weighted by atomic mass is 9.95. The number of halogens is 1. The predicted molar refractivity (Wildman–Crippen MR) is 66.7 cm³/mol. The standard InChI is InChI=1S/C13H15ClN2/c14-12-7-6-10(9-15)8-13(12)16-11-4-2-1-3-5-11/h6-8,11,16H,1-5H2. The molecule has 0 saturated heterocycles. The van der Waals surface area contributed by atoms with Crippen LogP contribution in [0.3, 0.4) is 0 Å². The Kier molecular flexibility index (Phi) is 3.69. The van der Waals surface area contributed by atoms with Crippen LogP contribution < -0.4 is 5.32 Å². The molecule has 1 aliphatic rings. The molecule has 84 valence electrons. The van der Waals surface area contributed by atoms with Crippen LogP contribution in [0.5, 0.6) is 0 Å². The zero-order valence-corrected chi connectivity index (χ0v) is 9.93. The number of hydrogen-bond acceptors (Lipinski definition) is 2. The molecule has 1 saturated carbocycles. The minimum Gasteiger partial charge on any atom is -0.381 e. The van der Waals surface area contributed by atoms with Crippen LogP contribution in [0.25, 0.3) is 0 Å². The topological polar surface area (TPSA) is 35.8 Å². The van der Waals surface area contributed by atoms with E-state index in [9.17, 15) is 0 Å². The molecule has 1 fully saturated rings. The maximum absolute atomic E-state index is 8.84. The first-order chi connectivity index (χ1) is 7.79. The van der Waals surface area contributed by atoms with Crippen molar-refractivity contribution in [2.45, 2.75) is 38.1 Å². The van der Waals surface area contributed by atoms with Gasteiger partial charge in [0, 0.05) is 6.04 Å². The highest BCUT2D eigenvalue weighted by atomic mass is 35.5. The Morgan fingerprint density at radius 1 is 1.25 bits per heavy atom. The van der Waals surface area contributed by atoms with E-state index < -0.39 is 0 Å². The van der Waals surface area contributed by atoms with E-state index >= 15 is 0 Å². The molecular formula is C13H15ClN2. The molecule has 1 N–H and O–H groups in total. The molecule has 0 spiro atoms. The lowest BCUT2D eigenvalue weighted by Gasteiger charge is -2.24. The van der Waals surface area contributed by atoms with Gasteiger partial charge in [0.15, 0.2) is 0 Å². The van der Waals surface area contributed by atoms with E-state index in [2.05, 4.69) is 11.4 Å². The number of nitrogens with zero attached hydrogens (tertiary/aromatic N) is 1. The SMILES string of the molecule is N#Cc1ccc(Cl)c(NC2CCCCC2)c1. The van der Waals surface area contributed by atoms with Gasteiger partial charge < -0.3 is 5.32 Å². The molecule has 0 radical (unpaired) electrons. The fourth-order valence-corrected chi connectivity index (χ4v) is 2.34. The first kappa shape index (κ1) is 11.3. The van der Waals surface area contributed by atoms with Crippen LogP contribution in [0.15, 0.2) is 18.2 Å². The van der Waals surface area contributed by atoms with Gasteiger partial charge in [-0.3, -0.25) is 0 Å². The molecule has 2 nitrogen and oxygen atoms in total. The molecule has 0 amide bonds. The van der Waals surface area contributed by atoms with Gasteiger partial charge in [-0.1, -0.05) is 30.9 Å². The normalized spacial score (nSPS) is 16.8. The third-order valence-corrected chi connectivity index (χ3v) is 3.39. The quantitative estimate of drug-likeness (QED) is 0.841. The van der Waals surface area contributed by atoms with Gasteiger partial charge in [-0.25, -0.2) is 0 Å². The van der Waals surface area contributed by atoms with Crippen molar-refractivity contribution in [3.63, 3.8) is 0 Å². The molecule has 0 heterocycles. The lowest BCUT2D eigenvalue weighted by molar-refractivity contribution is 0.463. The summed E-state index contributed by atoms with van der Waals surface area (Å²) in [5.74, 6) is 0. The number of anilines is 1. The summed E-state index contributed by atoms with van der Waals surface area (Å²) in [6, 6.07) is 8.00. The van der Waals surface area contributed by atoms with E-state index in [1.807, 2.05) is 6.07 Å². The van der Waals surface area contributed by atoms with E-state index in [1.165, 1.54) is 32.1 Å². The van der Waals surface area contributed by atoms with Gasteiger partial charge in [-0.05, 0) is 31.0 Å². The minimum absolute atomic E-state index is 0.514. The average molecular weight is 235 g/mol. The van der Waals surface area contributed by atoms with Crippen molar-refractivity contribution in [3.8, 4) is 6.07 Å². The second-order valence-corrected chi connectivity index (χ2v) is 4.69. The summed E-state index contributed by atoms with van der Waals surface area (Å²) < 4.78 is 0. The van der Waals surface area contributed by atoms with E-state index in [0.717, 1.165) is 5.69 Å². The monoisotopic (exact) mass is 234 g/mol. The number of hydrogen-bond donors (Lipinski definition) is 1. The summed E-state index contributed by atoms with van der Waals surface area (Å²) in [6.07, 6.45) is 6.31. The molecule has 1 aliphatic carbocycles. The third-order valence-electron chi connectivity index (χ3n) is 3.06. The summed E-state index contributed by atoms with van der Waals surface area (Å²) in [5.41, 5.74) is 1.55. The zero-order chi connectivity index (χ0) is 11.4. The van der Waals surface area contributed by atoms with Crippen LogP contribution in [0, 0.1) is 11.3 Å². The summed E-state index contributed by atoms with van der Waals surface area (Å²) in [4.78, 5) is 0. The highest BCUT2D eigenvalue weighted by Crippen LogP contribution is 2.27. The van der Waals surface area contributed by atoms with Gasteiger partial charge in [-0.2, -0.15) is 5.26 Å². The molecular weight excluding hydrogens is 220 g/mol. The Bertz CT molecular complexity index is 403. The Morgan fingerprint density at radius 2 is 2.00 bits per heavy atom. The number of benzene rings is 1. The largest absolute Gasteiger partial charge is 0.381 e. The Hall–Kier alpha value is -1.20. The van der Waals surface area contributed by atoms with Crippen molar-refractivity contribution < 1.29 is 0 Å². The molecule has 0 atom stereocenters. The maximum atomic E-state index is 8.84. The van der Waals surface area contributed by atoms with Crippen LogP contribution in [0.2, 0.25) is 5.02 Å². The van der Waals surface area contributed by atoms with E-state index in [-0.39, 0.29) is 0 Å². The molecule has 16 heavy (non-hydrogen) atoms. The van der Waals surface area contributed by atoms with Crippen molar-refractivity contribution >= 4 is 17.3 Å². The smallest absolute Gasteiger partial charge is 0.0992 e. The van der Waals surface area contributed by atoms with Gasteiger partial charge >= 0.3 is 0 Å². The molecule has 2 rings (SSSR count). The summed E-state index contributed by atoms with van der Waals surface area (Å²) in [6.45, 7) is 0. The van der Waals surface area contributed by atoms with Crippen molar-refractivity contribution in [1.29, 1.82) is 5.26 Å². The number of rotatable bonds is 2. The van der Waals surface area contributed by atoms with Crippen LogP contribution in [0.1, 0.15) is 37.7 Å². The Balaban J connectivity index is 2.10. The first-order valence-corrected chi connectivity index (χ1v) is 6.13. The first-order valence-electron chi connectivity index (χ1n) is 5.76. The molecule has 3 heteroatoms. The molecule has 0 unspecified atom stereocenters.